The highest BCUT2D eigenvalue weighted by molar-refractivity contribution is 5.96. The Balaban J connectivity index is 3.04. The number of methoxy groups -OCH3 is 1. The average molecular weight is 251 g/mol. The Morgan fingerprint density at radius 3 is 2.17 bits per heavy atom. The molecule has 0 fully saturated rings. The second kappa shape index (κ2) is 5.53. The van der Waals surface area contributed by atoms with Gasteiger partial charge in [0.05, 0.1) is 7.11 Å². The Morgan fingerprint density at radius 2 is 1.78 bits per heavy atom. The molecular weight excluding hydrogens is 234 g/mol. The number of likely N-dealkylation sites (N-methyl/N-ethyl adjacent to an activating group) is 1. The van der Waals surface area contributed by atoms with Crippen LogP contribution < -0.4 is 4.74 Å². The van der Waals surface area contributed by atoms with Crippen molar-refractivity contribution in [3.8, 4) is 5.75 Å². The van der Waals surface area contributed by atoms with Gasteiger partial charge in [0.1, 0.15) is 12.3 Å². The van der Waals surface area contributed by atoms with Gasteiger partial charge in [-0.1, -0.05) is 0 Å². The first-order valence-electron chi connectivity index (χ1n) is 5.49. The number of carboxylic acids is 1. The van der Waals surface area contributed by atoms with Crippen LogP contribution in [0.15, 0.2) is 12.1 Å². The van der Waals surface area contributed by atoms with Crippen LogP contribution in [-0.2, 0) is 4.79 Å². The van der Waals surface area contributed by atoms with Gasteiger partial charge in [-0.3, -0.25) is 9.59 Å². The van der Waals surface area contributed by atoms with Crippen LogP contribution in [0.3, 0.4) is 0 Å². The number of carboxylic acid groups (broad SMARTS) is 1. The molecule has 0 saturated carbocycles. The molecule has 0 heterocycles. The van der Waals surface area contributed by atoms with Crippen molar-refractivity contribution in [3.05, 3.63) is 28.8 Å². The molecule has 0 aliphatic rings. The maximum atomic E-state index is 12.0. The second-order valence-corrected chi connectivity index (χ2v) is 4.20. The highest BCUT2D eigenvalue weighted by atomic mass is 16.5. The fraction of sp³-hybridized carbons (Fsp3) is 0.385. The number of carbonyl (C=O) groups is 2. The van der Waals surface area contributed by atoms with Crippen LogP contribution in [0.1, 0.15) is 21.5 Å². The van der Waals surface area contributed by atoms with Gasteiger partial charge in [-0.15, -0.1) is 0 Å². The number of benzene rings is 1. The lowest BCUT2D eigenvalue weighted by Crippen LogP contribution is -2.32. The summed E-state index contributed by atoms with van der Waals surface area (Å²) in [6.45, 7) is 3.38. The number of carbonyl (C=O) groups excluding carboxylic acids is 1. The molecule has 1 amide bonds. The van der Waals surface area contributed by atoms with Crippen molar-refractivity contribution < 1.29 is 19.4 Å². The predicted octanol–water partition coefficient (Wildman–Crippen LogP) is 1.47. The quantitative estimate of drug-likeness (QED) is 0.880. The fourth-order valence-corrected chi connectivity index (χ4v) is 1.89. The van der Waals surface area contributed by atoms with E-state index in [4.69, 9.17) is 9.84 Å². The summed E-state index contributed by atoms with van der Waals surface area (Å²) in [5.41, 5.74) is 2.17. The van der Waals surface area contributed by atoms with Crippen molar-refractivity contribution in [3.63, 3.8) is 0 Å². The topological polar surface area (TPSA) is 66.8 Å². The van der Waals surface area contributed by atoms with Gasteiger partial charge >= 0.3 is 5.97 Å². The Bertz CT molecular complexity index is 459. The molecule has 5 heteroatoms. The van der Waals surface area contributed by atoms with Crippen LogP contribution >= 0.6 is 0 Å². The highest BCUT2D eigenvalue weighted by Gasteiger charge is 2.16. The van der Waals surface area contributed by atoms with Crippen molar-refractivity contribution in [2.24, 2.45) is 0 Å². The molecule has 1 N–H and O–H groups in total. The van der Waals surface area contributed by atoms with E-state index < -0.39 is 5.97 Å². The summed E-state index contributed by atoms with van der Waals surface area (Å²) >= 11 is 0. The Kier molecular flexibility index (Phi) is 4.31. The maximum Gasteiger partial charge on any atom is 0.323 e. The lowest BCUT2D eigenvalue weighted by Gasteiger charge is -2.16. The van der Waals surface area contributed by atoms with E-state index >= 15 is 0 Å². The first-order valence-corrected chi connectivity index (χ1v) is 5.49. The zero-order chi connectivity index (χ0) is 13.9. The number of aryl methyl sites for hydroxylation is 2. The fourth-order valence-electron chi connectivity index (χ4n) is 1.89. The van der Waals surface area contributed by atoms with Gasteiger partial charge in [0.15, 0.2) is 0 Å². The summed E-state index contributed by atoms with van der Waals surface area (Å²) in [5.74, 6) is -0.605. The second-order valence-electron chi connectivity index (χ2n) is 4.20. The number of nitrogens with zero attached hydrogens (tertiary/aromatic N) is 1. The standard InChI is InChI=1S/C13H17NO4/c1-8-5-10(6-9(2)12(8)18-4)13(17)14(3)7-11(15)16/h5-6H,7H2,1-4H3,(H,15,16). The van der Waals surface area contributed by atoms with Crippen molar-refractivity contribution in [2.75, 3.05) is 20.7 Å². The molecule has 98 valence electrons. The monoisotopic (exact) mass is 251 g/mol. The summed E-state index contributed by atoms with van der Waals surface area (Å²) in [6.07, 6.45) is 0. The van der Waals surface area contributed by atoms with E-state index in [1.807, 2.05) is 13.8 Å². The zero-order valence-corrected chi connectivity index (χ0v) is 11.0. The van der Waals surface area contributed by atoms with Gasteiger partial charge in [-0.2, -0.15) is 0 Å². The number of aliphatic carboxylic acids is 1. The SMILES string of the molecule is COc1c(C)cc(C(=O)N(C)CC(=O)O)cc1C. The summed E-state index contributed by atoms with van der Waals surface area (Å²) in [7, 11) is 3.04. The summed E-state index contributed by atoms with van der Waals surface area (Å²) < 4.78 is 5.22. The average Bonchev–Trinajstić information content (AvgIpc) is 2.26. The third kappa shape index (κ3) is 3.00. The molecular formula is C13H17NO4. The molecule has 1 rings (SSSR count). The van der Waals surface area contributed by atoms with E-state index in [1.54, 1.807) is 19.2 Å². The van der Waals surface area contributed by atoms with Crippen molar-refractivity contribution >= 4 is 11.9 Å². The first kappa shape index (κ1) is 14.0. The van der Waals surface area contributed by atoms with E-state index in [0.29, 0.717) is 5.56 Å². The van der Waals surface area contributed by atoms with Gasteiger partial charge in [-0.05, 0) is 37.1 Å². The Hall–Kier alpha value is -2.04. The molecule has 0 radical (unpaired) electrons. The molecule has 0 bridgehead atoms. The molecule has 0 spiro atoms. The zero-order valence-electron chi connectivity index (χ0n) is 11.0. The molecule has 0 aliphatic heterocycles. The lowest BCUT2D eigenvalue weighted by molar-refractivity contribution is -0.137. The summed E-state index contributed by atoms with van der Waals surface area (Å²) in [5, 5.41) is 8.66. The molecule has 1 aromatic rings. The normalized spacial score (nSPS) is 10.0. The van der Waals surface area contributed by atoms with E-state index in [1.165, 1.54) is 11.9 Å². The molecule has 0 aliphatic carbocycles. The van der Waals surface area contributed by atoms with Crippen molar-refractivity contribution in [1.29, 1.82) is 0 Å². The number of ether oxygens (including phenoxy) is 1. The summed E-state index contributed by atoms with van der Waals surface area (Å²) in [4.78, 5) is 23.7. The number of hydrogen-bond donors (Lipinski definition) is 1. The lowest BCUT2D eigenvalue weighted by atomic mass is 10.0. The van der Waals surface area contributed by atoms with Crippen LogP contribution in [-0.4, -0.2) is 42.6 Å². The molecule has 0 saturated heterocycles. The maximum absolute atomic E-state index is 12.0. The molecule has 0 aromatic heterocycles. The Labute approximate surface area is 106 Å². The van der Waals surface area contributed by atoms with Crippen molar-refractivity contribution in [2.45, 2.75) is 13.8 Å². The van der Waals surface area contributed by atoms with Crippen LogP contribution in [0, 0.1) is 13.8 Å². The molecule has 0 unspecified atom stereocenters. The third-order valence-corrected chi connectivity index (χ3v) is 2.63. The van der Waals surface area contributed by atoms with E-state index in [2.05, 4.69) is 0 Å². The van der Waals surface area contributed by atoms with Gasteiger partial charge in [0.25, 0.3) is 5.91 Å². The Morgan fingerprint density at radius 1 is 1.28 bits per heavy atom. The van der Waals surface area contributed by atoms with Crippen molar-refractivity contribution in [1.82, 2.24) is 4.90 Å². The highest BCUT2D eigenvalue weighted by Crippen LogP contribution is 2.24. The van der Waals surface area contributed by atoms with E-state index in [0.717, 1.165) is 16.9 Å². The third-order valence-electron chi connectivity index (χ3n) is 2.63. The summed E-state index contributed by atoms with van der Waals surface area (Å²) in [6, 6.07) is 3.40. The molecule has 0 atom stereocenters. The number of hydrogen-bond acceptors (Lipinski definition) is 3. The van der Waals surface area contributed by atoms with E-state index in [9.17, 15) is 9.59 Å². The first-order chi connectivity index (χ1) is 8.36. The minimum Gasteiger partial charge on any atom is -0.496 e. The van der Waals surface area contributed by atoms with Gasteiger partial charge in [0.2, 0.25) is 0 Å². The van der Waals surface area contributed by atoms with Gasteiger partial charge < -0.3 is 14.7 Å². The molecule has 18 heavy (non-hydrogen) atoms. The number of rotatable bonds is 4. The predicted molar refractivity (Wildman–Crippen MR) is 67.1 cm³/mol. The minimum atomic E-state index is -1.03. The van der Waals surface area contributed by atoms with E-state index in [-0.39, 0.29) is 12.5 Å². The van der Waals surface area contributed by atoms with Crippen LogP contribution in [0.5, 0.6) is 5.75 Å². The smallest absolute Gasteiger partial charge is 0.323 e. The molecule has 5 nitrogen and oxygen atoms in total. The van der Waals surface area contributed by atoms with Crippen LogP contribution in [0.2, 0.25) is 0 Å². The minimum absolute atomic E-state index is 0.314. The number of amides is 1. The van der Waals surface area contributed by atoms with Gasteiger partial charge in [-0.25, -0.2) is 0 Å². The van der Waals surface area contributed by atoms with Crippen LogP contribution in [0.4, 0.5) is 0 Å². The van der Waals surface area contributed by atoms with Gasteiger partial charge in [0, 0.05) is 12.6 Å². The molecule has 1 aromatic carbocycles. The largest absolute Gasteiger partial charge is 0.496 e. The van der Waals surface area contributed by atoms with Crippen LogP contribution in [0.25, 0.3) is 0 Å².